The van der Waals surface area contributed by atoms with Crippen LogP contribution in [0.25, 0.3) is 0 Å². The van der Waals surface area contributed by atoms with Gasteiger partial charge in [-0.25, -0.2) is 0 Å². The highest BCUT2D eigenvalue weighted by Crippen LogP contribution is 2.36. The Morgan fingerprint density at radius 2 is 0.750 bits per heavy atom. The summed E-state index contributed by atoms with van der Waals surface area (Å²) in [6.07, 6.45) is 0. The first-order valence-corrected chi connectivity index (χ1v) is 13.4. The van der Waals surface area contributed by atoms with Crippen LogP contribution in [0.1, 0.15) is 22.6 Å². The molecule has 0 N–H and O–H groups in total. The molecule has 178 valence electrons. The standard InChI is InChI=1S/C33H29O2P/c1-34-28-19-13-25(14-20-28)33(26-15-21-29(35-2)22-16-26)27-17-23-32(24-18-27)36(30-9-5-3-6-10-30)31-11-7-4-8-12-31/h3-24,33H,1-2H3. The Morgan fingerprint density at radius 3 is 1.11 bits per heavy atom. The molecule has 0 spiro atoms. The summed E-state index contributed by atoms with van der Waals surface area (Å²) < 4.78 is 10.8. The fraction of sp³-hybridized carbons (Fsp3) is 0.0909. The molecule has 0 aliphatic heterocycles. The zero-order valence-corrected chi connectivity index (χ0v) is 21.4. The number of ether oxygens (including phenoxy) is 2. The lowest BCUT2D eigenvalue weighted by atomic mass is 9.85. The molecule has 5 aromatic rings. The summed E-state index contributed by atoms with van der Waals surface area (Å²) in [5, 5.41) is 4.05. The zero-order chi connectivity index (χ0) is 24.7. The third-order valence-electron chi connectivity index (χ3n) is 6.41. The van der Waals surface area contributed by atoms with Crippen molar-refractivity contribution < 1.29 is 9.47 Å². The summed E-state index contributed by atoms with van der Waals surface area (Å²) >= 11 is 0. The van der Waals surface area contributed by atoms with Crippen LogP contribution in [0.15, 0.2) is 133 Å². The van der Waals surface area contributed by atoms with Gasteiger partial charge in [-0.1, -0.05) is 109 Å². The van der Waals surface area contributed by atoms with Crippen molar-refractivity contribution in [2.75, 3.05) is 14.2 Å². The second-order valence-corrected chi connectivity index (χ2v) is 10.8. The van der Waals surface area contributed by atoms with Crippen molar-refractivity contribution in [1.29, 1.82) is 0 Å². The lowest BCUT2D eigenvalue weighted by Crippen LogP contribution is -2.20. The van der Waals surface area contributed by atoms with E-state index in [1.807, 2.05) is 24.3 Å². The van der Waals surface area contributed by atoms with E-state index < -0.39 is 7.92 Å². The Hall–Kier alpha value is -3.87. The second kappa shape index (κ2) is 11.2. The molecule has 5 aromatic carbocycles. The molecular weight excluding hydrogens is 459 g/mol. The fourth-order valence-electron chi connectivity index (χ4n) is 4.59. The second-order valence-electron chi connectivity index (χ2n) is 8.58. The number of rotatable bonds is 8. The number of benzene rings is 5. The Kier molecular flexibility index (Phi) is 7.45. The van der Waals surface area contributed by atoms with Crippen molar-refractivity contribution in [3.8, 4) is 11.5 Å². The molecule has 0 saturated carbocycles. The van der Waals surface area contributed by atoms with E-state index >= 15 is 0 Å². The van der Waals surface area contributed by atoms with Crippen LogP contribution in [0, 0.1) is 0 Å². The van der Waals surface area contributed by atoms with Crippen molar-refractivity contribution in [3.05, 3.63) is 150 Å². The van der Waals surface area contributed by atoms with Gasteiger partial charge in [0.25, 0.3) is 0 Å². The van der Waals surface area contributed by atoms with E-state index in [0.717, 1.165) is 11.5 Å². The van der Waals surface area contributed by atoms with Crippen LogP contribution < -0.4 is 25.4 Å². The summed E-state index contributed by atoms with van der Waals surface area (Å²) in [6, 6.07) is 47.6. The maximum atomic E-state index is 5.40. The van der Waals surface area contributed by atoms with E-state index in [0.29, 0.717) is 0 Å². The molecule has 5 rings (SSSR count). The van der Waals surface area contributed by atoms with E-state index in [1.54, 1.807) is 14.2 Å². The van der Waals surface area contributed by atoms with Gasteiger partial charge in [-0.2, -0.15) is 0 Å². The van der Waals surface area contributed by atoms with Crippen LogP contribution in [0.3, 0.4) is 0 Å². The molecule has 0 saturated heterocycles. The number of hydrogen-bond donors (Lipinski definition) is 0. The molecule has 0 radical (unpaired) electrons. The monoisotopic (exact) mass is 488 g/mol. The molecule has 0 heterocycles. The fourth-order valence-corrected chi connectivity index (χ4v) is 6.87. The molecule has 3 heteroatoms. The van der Waals surface area contributed by atoms with Crippen LogP contribution in [-0.4, -0.2) is 14.2 Å². The van der Waals surface area contributed by atoms with Crippen LogP contribution in [0.5, 0.6) is 11.5 Å². The quantitative estimate of drug-likeness (QED) is 0.180. The predicted octanol–water partition coefficient (Wildman–Crippen LogP) is 6.64. The van der Waals surface area contributed by atoms with E-state index in [9.17, 15) is 0 Å². The Morgan fingerprint density at radius 1 is 0.417 bits per heavy atom. The normalized spacial score (nSPS) is 11.0. The summed E-state index contributed by atoms with van der Waals surface area (Å²) in [5.41, 5.74) is 3.70. The smallest absolute Gasteiger partial charge is 0.118 e. The largest absolute Gasteiger partial charge is 0.497 e. The van der Waals surface area contributed by atoms with Crippen molar-refractivity contribution in [1.82, 2.24) is 0 Å². The van der Waals surface area contributed by atoms with Crippen LogP contribution in [-0.2, 0) is 0 Å². The highest BCUT2D eigenvalue weighted by molar-refractivity contribution is 7.79. The van der Waals surface area contributed by atoms with Crippen LogP contribution >= 0.6 is 7.92 Å². The summed E-state index contributed by atoms with van der Waals surface area (Å²) in [5.74, 6) is 1.83. The van der Waals surface area contributed by atoms with Gasteiger partial charge in [0.2, 0.25) is 0 Å². The van der Waals surface area contributed by atoms with Crippen molar-refractivity contribution in [2.45, 2.75) is 5.92 Å². The molecule has 0 fully saturated rings. The molecule has 36 heavy (non-hydrogen) atoms. The number of methoxy groups -OCH3 is 2. The third kappa shape index (κ3) is 5.20. The minimum atomic E-state index is -0.632. The van der Waals surface area contributed by atoms with Gasteiger partial charge >= 0.3 is 0 Å². The maximum absolute atomic E-state index is 5.40. The van der Waals surface area contributed by atoms with Gasteiger partial charge < -0.3 is 9.47 Å². The van der Waals surface area contributed by atoms with E-state index in [4.69, 9.17) is 9.47 Å². The van der Waals surface area contributed by atoms with Crippen molar-refractivity contribution in [3.63, 3.8) is 0 Å². The molecule has 0 unspecified atom stereocenters. The highest BCUT2D eigenvalue weighted by Gasteiger charge is 2.20. The molecule has 2 nitrogen and oxygen atoms in total. The third-order valence-corrected chi connectivity index (χ3v) is 8.86. The van der Waals surface area contributed by atoms with Crippen LogP contribution in [0.4, 0.5) is 0 Å². The van der Waals surface area contributed by atoms with Gasteiger partial charge in [0.05, 0.1) is 14.2 Å². The minimum Gasteiger partial charge on any atom is -0.497 e. The Labute approximate surface area is 214 Å². The Bertz CT molecular complexity index is 1280. The molecule has 0 amide bonds. The lowest BCUT2D eigenvalue weighted by molar-refractivity contribution is 0.414. The predicted molar refractivity (Wildman–Crippen MR) is 152 cm³/mol. The average Bonchev–Trinajstić information content (AvgIpc) is 2.96. The van der Waals surface area contributed by atoms with E-state index in [-0.39, 0.29) is 5.92 Å². The molecule has 0 aromatic heterocycles. The lowest BCUT2D eigenvalue weighted by Gasteiger charge is -2.22. The zero-order valence-electron chi connectivity index (χ0n) is 20.5. The molecular formula is C33H29O2P. The molecule has 0 aliphatic rings. The molecule has 0 bridgehead atoms. The minimum absolute atomic E-state index is 0.107. The van der Waals surface area contributed by atoms with E-state index in [2.05, 4.69) is 109 Å². The van der Waals surface area contributed by atoms with Crippen LogP contribution in [0.2, 0.25) is 0 Å². The topological polar surface area (TPSA) is 18.5 Å². The molecule has 0 atom stereocenters. The Balaban J connectivity index is 1.56. The summed E-state index contributed by atoms with van der Waals surface area (Å²) in [7, 11) is 2.77. The number of hydrogen-bond acceptors (Lipinski definition) is 2. The summed E-state index contributed by atoms with van der Waals surface area (Å²) in [6.45, 7) is 0. The summed E-state index contributed by atoms with van der Waals surface area (Å²) in [4.78, 5) is 0. The van der Waals surface area contributed by atoms with Gasteiger partial charge in [0.15, 0.2) is 0 Å². The van der Waals surface area contributed by atoms with Gasteiger partial charge in [-0.15, -0.1) is 0 Å². The highest BCUT2D eigenvalue weighted by atomic mass is 31.1. The SMILES string of the molecule is COc1ccc(C(c2ccc(OC)cc2)c2ccc(P(c3ccccc3)c3ccccc3)cc2)cc1. The first-order chi connectivity index (χ1) is 17.8. The first kappa shape index (κ1) is 23.9. The molecule has 0 aliphatic carbocycles. The van der Waals surface area contributed by atoms with Gasteiger partial charge in [-0.05, 0) is 64.8 Å². The van der Waals surface area contributed by atoms with Crippen molar-refractivity contribution in [2.24, 2.45) is 0 Å². The van der Waals surface area contributed by atoms with Gasteiger partial charge in [0.1, 0.15) is 11.5 Å². The van der Waals surface area contributed by atoms with E-state index in [1.165, 1.54) is 32.6 Å². The van der Waals surface area contributed by atoms with Gasteiger partial charge in [0, 0.05) is 5.92 Å². The first-order valence-electron chi connectivity index (χ1n) is 12.0. The van der Waals surface area contributed by atoms with Crippen molar-refractivity contribution >= 4 is 23.8 Å². The van der Waals surface area contributed by atoms with Gasteiger partial charge in [-0.3, -0.25) is 0 Å². The maximum Gasteiger partial charge on any atom is 0.118 e. The average molecular weight is 489 g/mol.